The number of aliphatic carboxylic acids is 1. The van der Waals surface area contributed by atoms with Crippen LogP contribution in [0.4, 0.5) is 0 Å². The highest BCUT2D eigenvalue weighted by Crippen LogP contribution is 2.48. The largest absolute Gasteiger partial charge is 0.481 e. The summed E-state index contributed by atoms with van der Waals surface area (Å²) in [6, 6.07) is 10.3. The first-order valence-electron chi connectivity index (χ1n) is 5.45. The number of benzene rings is 1. The molecular weight excluding hydrogens is 202 g/mol. The van der Waals surface area contributed by atoms with Gasteiger partial charge >= 0.3 is 5.97 Å². The molecular formula is C13H13NO2. The average molecular weight is 215 g/mol. The van der Waals surface area contributed by atoms with E-state index in [1.807, 2.05) is 19.2 Å². The summed E-state index contributed by atoms with van der Waals surface area (Å²) in [5, 5.41) is 10.1. The molecule has 1 aromatic carbocycles. The molecule has 0 radical (unpaired) electrons. The van der Waals surface area contributed by atoms with Gasteiger partial charge in [0.1, 0.15) is 0 Å². The Hall–Kier alpha value is -1.77. The van der Waals surface area contributed by atoms with Crippen LogP contribution in [0.1, 0.15) is 18.0 Å². The lowest BCUT2D eigenvalue weighted by molar-refractivity contribution is -0.138. The Balaban J connectivity index is 2.06. The van der Waals surface area contributed by atoms with E-state index >= 15 is 0 Å². The van der Waals surface area contributed by atoms with Gasteiger partial charge < -0.3 is 9.67 Å². The third-order valence-corrected chi connectivity index (χ3v) is 3.48. The van der Waals surface area contributed by atoms with Crippen molar-refractivity contribution in [3.8, 4) is 0 Å². The molecule has 1 aliphatic rings. The Labute approximate surface area is 93.3 Å². The van der Waals surface area contributed by atoms with E-state index in [1.165, 1.54) is 10.9 Å². The van der Waals surface area contributed by atoms with Gasteiger partial charge in [0, 0.05) is 24.2 Å². The van der Waals surface area contributed by atoms with Crippen LogP contribution < -0.4 is 0 Å². The van der Waals surface area contributed by atoms with E-state index in [9.17, 15) is 4.79 Å². The molecule has 0 amide bonds. The number of hydrogen-bond acceptors (Lipinski definition) is 1. The van der Waals surface area contributed by atoms with E-state index in [4.69, 9.17) is 5.11 Å². The predicted octanol–water partition coefficient (Wildman–Crippen LogP) is 2.37. The summed E-state index contributed by atoms with van der Waals surface area (Å²) in [7, 11) is 2.01. The second-order valence-corrected chi connectivity index (χ2v) is 4.47. The summed E-state index contributed by atoms with van der Waals surface area (Å²) >= 11 is 0. The highest BCUT2D eigenvalue weighted by molar-refractivity contribution is 5.82. The van der Waals surface area contributed by atoms with Crippen LogP contribution in [0.5, 0.6) is 0 Å². The predicted molar refractivity (Wildman–Crippen MR) is 61.4 cm³/mol. The Morgan fingerprint density at radius 3 is 2.81 bits per heavy atom. The molecule has 0 unspecified atom stereocenters. The third kappa shape index (κ3) is 1.24. The van der Waals surface area contributed by atoms with Gasteiger partial charge in [-0.2, -0.15) is 0 Å². The first kappa shape index (κ1) is 9.46. The molecule has 16 heavy (non-hydrogen) atoms. The lowest BCUT2D eigenvalue weighted by Gasteiger charge is -2.02. The van der Waals surface area contributed by atoms with E-state index in [-0.39, 0.29) is 11.8 Å². The minimum atomic E-state index is -0.671. The van der Waals surface area contributed by atoms with Crippen LogP contribution >= 0.6 is 0 Å². The van der Waals surface area contributed by atoms with E-state index in [1.54, 1.807) is 0 Å². The van der Waals surface area contributed by atoms with Crippen molar-refractivity contribution in [2.75, 3.05) is 0 Å². The lowest BCUT2D eigenvalue weighted by atomic mass is 10.2. The topological polar surface area (TPSA) is 42.2 Å². The van der Waals surface area contributed by atoms with Crippen molar-refractivity contribution in [3.63, 3.8) is 0 Å². The van der Waals surface area contributed by atoms with Crippen LogP contribution in [0, 0.1) is 5.92 Å². The molecule has 1 aromatic heterocycles. The van der Waals surface area contributed by atoms with E-state index < -0.39 is 5.97 Å². The van der Waals surface area contributed by atoms with E-state index in [0.717, 1.165) is 12.1 Å². The fraction of sp³-hybridized carbons (Fsp3) is 0.308. The summed E-state index contributed by atoms with van der Waals surface area (Å²) < 4.78 is 2.11. The number of rotatable bonds is 2. The van der Waals surface area contributed by atoms with Crippen molar-refractivity contribution >= 4 is 16.9 Å². The second kappa shape index (κ2) is 3.11. The molecule has 1 heterocycles. The smallest absolute Gasteiger partial charge is 0.307 e. The normalized spacial score (nSPS) is 23.6. The van der Waals surface area contributed by atoms with Gasteiger partial charge in [-0.1, -0.05) is 18.2 Å². The molecule has 0 aliphatic heterocycles. The van der Waals surface area contributed by atoms with Gasteiger partial charge in [-0.3, -0.25) is 4.79 Å². The molecule has 1 N–H and O–H groups in total. The zero-order chi connectivity index (χ0) is 11.3. The Kier molecular flexibility index (Phi) is 1.84. The molecule has 3 heteroatoms. The van der Waals surface area contributed by atoms with Gasteiger partial charge in [-0.25, -0.2) is 0 Å². The quantitative estimate of drug-likeness (QED) is 0.835. The van der Waals surface area contributed by atoms with Gasteiger partial charge in [0.05, 0.1) is 5.92 Å². The lowest BCUT2D eigenvalue weighted by Crippen LogP contribution is -2.01. The van der Waals surface area contributed by atoms with E-state index in [0.29, 0.717) is 0 Å². The summed E-state index contributed by atoms with van der Waals surface area (Å²) in [4.78, 5) is 10.9. The van der Waals surface area contributed by atoms with Gasteiger partial charge in [-0.15, -0.1) is 0 Å². The maximum atomic E-state index is 10.9. The highest BCUT2D eigenvalue weighted by atomic mass is 16.4. The fourth-order valence-electron chi connectivity index (χ4n) is 2.46. The first-order valence-corrected chi connectivity index (χ1v) is 5.45. The Morgan fingerprint density at radius 2 is 2.19 bits per heavy atom. The molecule has 1 aliphatic carbocycles. The van der Waals surface area contributed by atoms with Crippen molar-refractivity contribution in [2.24, 2.45) is 13.0 Å². The van der Waals surface area contributed by atoms with Crippen molar-refractivity contribution < 1.29 is 9.90 Å². The van der Waals surface area contributed by atoms with Crippen molar-refractivity contribution in [1.82, 2.24) is 4.57 Å². The molecule has 1 fully saturated rings. The van der Waals surface area contributed by atoms with Crippen LogP contribution in [0.2, 0.25) is 0 Å². The summed E-state index contributed by atoms with van der Waals surface area (Å²) in [5.74, 6) is -0.645. The molecule has 0 saturated heterocycles. The standard InChI is InChI=1S/C13H13NO2/c1-14-11-5-3-2-4-8(11)6-12(14)9-7-10(9)13(15)16/h2-6,9-10H,7H2,1H3,(H,15,16)/t9-,10-/m1/s1. The van der Waals surface area contributed by atoms with Crippen LogP contribution in [-0.2, 0) is 11.8 Å². The Morgan fingerprint density at radius 1 is 1.44 bits per heavy atom. The highest BCUT2D eigenvalue weighted by Gasteiger charge is 2.45. The SMILES string of the molecule is Cn1c([C@@H]2C[C@H]2C(=O)O)cc2ccccc21. The number of para-hydroxylation sites is 1. The number of carboxylic acid groups (broad SMARTS) is 1. The van der Waals surface area contributed by atoms with Crippen molar-refractivity contribution in [3.05, 3.63) is 36.0 Å². The van der Waals surface area contributed by atoms with E-state index in [2.05, 4.69) is 22.8 Å². The molecule has 3 nitrogen and oxygen atoms in total. The van der Waals surface area contributed by atoms with Crippen molar-refractivity contribution in [1.29, 1.82) is 0 Å². The second-order valence-electron chi connectivity index (χ2n) is 4.47. The number of carboxylic acids is 1. The van der Waals surface area contributed by atoms with Crippen LogP contribution in [-0.4, -0.2) is 15.6 Å². The number of nitrogens with zero attached hydrogens (tertiary/aromatic N) is 1. The first-order chi connectivity index (χ1) is 7.68. The van der Waals surface area contributed by atoms with Gasteiger partial charge in [-0.05, 0) is 23.9 Å². The van der Waals surface area contributed by atoms with Gasteiger partial charge in [0.25, 0.3) is 0 Å². The van der Waals surface area contributed by atoms with Crippen molar-refractivity contribution in [2.45, 2.75) is 12.3 Å². The summed E-state index contributed by atoms with van der Waals surface area (Å²) in [6.45, 7) is 0. The van der Waals surface area contributed by atoms with Crippen LogP contribution in [0.3, 0.4) is 0 Å². The molecule has 82 valence electrons. The molecule has 0 bridgehead atoms. The maximum absolute atomic E-state index is 10.9. The fourth-order valence-corrected chi connectivity index (χ4v) is 2.46. The van der Waals surface area contributed by atoms with Crippen LogP contribution in [0.15, 0.2) is 30.3 Å². The number of aromatic nitrogens is 1. The minimum Gasteiger partial charge on any atom is -0.481 e. The Bertz CT molecular complexity index is 570. The average Bonchev–Trinajstić information content (AvgIpc) is 3.00. The molecule has 0 spiro atoms. The maximum Gasteiger partial charge on any atom is 0.307 e. The zero-order valence-electron chi connectivity index (χ0n) is 9.05. The number of fused-ring (bicyclic) bond motifs is 1. The van der Waals surface area contributed by atoms with Gasteiger partial charge in [0.15, 0.2) is 0 Å². The summed E-state index contributed by atoms with van der Waals surface area (Å²) in [5.41, 5.74) is 2.32. The van der Waals surface area contributed by atoms with Crippen LogP contribution in [0.25, 0.3) is 10.9 Å². The summed E-state index contributed by atoms with van der Waals surface area (Å²) in [6.07, 6.45) is 0.777. The minimum absolute atomic E-state index is 0.178. The number of aryl methyl sites for hydroxylation is 1. The number of hydrogen-bond donors (Lipinski definition) is 1. The molecule has 2 atom stereocenters. The van der Waals surface area contributed by atoms with Gasteiger partial charge in [0.2, 0.25) is 0 Å². The number of carbonyl (C=O) groups is 1. The molecule has 3 rings (SSSR count). The third-order valence-electron chi connectivity index (χ3n) is 3.48. The molecule has 1 saturated carbocycles. The monoisotopic (exact) mass is 215 g/mol. The molecule has 2 aromatic rings. The zero-order valence-corrected chi connectivity index (χ0v) is 9.05.